The van der Waals surface area contributed by atoms with E-state index in [4.69, 9.17) is 10.2 Å². The van der Waals surface area contributed by atoms with Crippen LogP contribution in [0.25, 0.3) is 17.2 Å². The van der Waals surface area contributed by atoms with Crippen molar-refractivity contribution in [3.05, 3.63) is 66.1 Å². The zero-order valence-electron chi connectivity index (χ0n) is 14.0. The molecule has 6 nitrogen and oxygen atoms in total. The van der Waals surface area contributed by atoms with Crippen molar-refractivity contribution in [3.8, 4) is 0 Å². The highest BCUT2D eigenvalue weighted by molar-refractivity contribution is 6.05. The molecule has 1 aliphatic rings. The van der Waals surface area contributed by atoms with Crippen molar-refractivity contribution >= 4 is 34.7 Å². The number of para-hydroxylation sites is 3. The van der Waals surface area contributed by atoms with E-state index in [9.17, 15) is 9.59 Å². The van der Waals surface area contributed by atoms with Gasteiger partial charge in [-0.1, -0.05) is 30.3 Å². The van der Waals surface area contributed by atoms with Crippen molar-refractivity contribution in [2.24, 2.45) is 11.7 Å². The molecule has 0 saturated carbocycles. The topological polar surface area (TPSA) is 89.4 Å². The molecule has 0 bridgehead atoms. The molecular formula is C20H17N3O3. The molecule has 6 heteroatoms. The summed E-state index contributed by atoms with van der Waals surface area (Å²) in [6.45, 7) is 0.267. The van der Waals surface area contributed by atoms with Crippen LogP contribution in [0.1, 0.15) is 11.5 Å². The van der Waals surface area contributed by atoms with Crippen LogP contribution in [-0.2, 0) is 16.0 Å². The van der Waals surface area contributed by atoms with Gasteiger partial charge in [0.25, 0.3) is 5.91 Å². The van der Waals surface area contributed by atoms with E-state index in [0.717, 1.165) is 16.8 Å². The Morgan fingerprint density at radius 2 is 1.92 bits per heavy atom. The molecule has 2 amide bonds. The molecule has 1 aliphatic heterocycles. The van der Waals surface area contributed by atoms with Crippen LogP contribution >= 0.6 is 0 Å². The molecular weight excluding hydrogens is 330 g/mol. The van der Waals surface area contributed by atoms with Crippen LogP contribution in [0, 0.1) is 5.92 Å². The van der Waals surface area contributed by atoms with Gasteiger partial charge in [0.15, 0.2) is 5.58 Å². The van der Waals surface area contributed by atoms with E-state index in [1.807, 2.05) is 48.5 Å². The zero-order chi connectivity index (χ0) is 18.1. The number of rotatable bonds is 3. The summed E-state index contributed by atoms with van der Waals surface area (Å²) in [5.41, 5.74) is 8.61. The second kappa shape index (κ2) is 6.48. The summed E-state index contributed by atoms with van der Waals surface area (Å²) in [5, 5.41) is 0. The minimum absolute atomic E-state index is 0.245. The van der Waals surface area contributed by atoms with Crippen LogP contribution < -0.4 is 10.6 Å². The van der Waals surface area contributed by atoms with E-state index in [-0.39, 0.29) is 12.5 Å². The van der Waals surface area contributed by atoms with Crippen LogP contribution in [0.15, 0.2) is 59.0 Å². The summed E-state index contributed by atoms with van der Waals surface area (Å²) >= 11 is 0. The van der Waals surface area contributed by atoms with Gasteiger partial charge < -0.3 is 15.1 Å². The van der Waals surface area contributed by atoms with E-state index in [1.54, 1.807) is 11.0 Å². The Morgan fingerprint density at radius 3 is 2.73 bits per heavy atom. The van der Waals surface area contributed by atoms with Gasteiger partial charge in [-0.3, -0.25) is 9.59 Å². The molecule has 2 heterocycles. The van der Waals surface area contributed by atoms with Crippen LogP contribution in [0.4, 0.5) is 5.69 Å². The molecule has 0 aliphatic carbocycles. The van der Waals surface area contributed by atoms with Gasteiger partial charge in [0, 0.05) is 24.4 Å². The normalized spacial score (nSPS) is 16.8. The molecule has 26 heavy (non-hydrogen) atoms. The minimum atomic E-state index is -0.403. The van der Waals surface area contributed by atoms with Gasteiger partial charge in [-0.05, 0) is 30.2 Å². The lowest BCUT2D eigenvalue weighted by atomic mass is 9.92. The number of aromatic nitrogens is 1. The third kappa shape index (κ3) is 2.97. The first-order chi connectivity index (χ1) is 12.6. The molecule has 0 fully saturated rings. The van der Waals surface area contributed by atoms with Crippen molar-refractivity contribution < 1.29 is 14.0 Å². The quantitative estimate of drug-likeness (QED) is 0.737. The molecule has 3 aromatic rings. The Balaban J connectivity index is 1.61. The van der Waals surface area contributed by atoms with Gasteiger partial charge in [0.2, 0.25) is 11.8 Å². The third-order valence-corrected chi connectivity index (χ3v) is 4.50. The van der Waals surface area contributed by atoms with E-state index in [0.29, 0.717) is 17.9 Å². The lowest BCUT2D eigenvalue weighted by Crippen LogP contribution is -2.43. The van der Waals surface area contributed by atoms with Crippen molar-refractivity contribution in [3.63, 3.8) is 0 Å². The SMILES string of the molecule is NC(=O)[C@H]1Cc2ccccc2N(C(=O)/C=C\c2nc3ccccc3o2)C1. The second-order valence-electron chi connectivity index (χ2n) is 6.23. The van der Waals surface area contributed by atoms with Crippen molar-refractivity contribution in [1.29, 1.82) is 0 Å². The first-order valence-electron chi connectivity index (χ1n) is 8.34. The molecule has 1 aromatic heterocycles. The number of nitrogens with two attached hydrogens (primary N) is 1. The smallest absolute Gasteiger partial charge is 0.251 e. The molecule has 0 unspecified atom stereocenters. The number of carbonyl (C=O) groups excluding carboxylic acids is 2. The predicted molar refractivity (Wildman–Crippen MR) is 98.2 cm³/mol. The number of nitrogens with zero attached hydrogens (tertiary/aromatic N) is 2. The highest BCUT2D eigenvalue weighted by Crippen LogP contribution is 2.30. The van der Waals surface area contributed by atoms with Crippen molar-refractivity contribution in [1.82, 2.24) is 4.98 Å². The molecule has 1 atom stereocenters. The van der Waals surface area contributed by atoms with Gasteiger partial charge >= 0.3 is 0 Å². The van der Waals surface area contributed by atoms with Crippen LogP contribution in [0.3, 0.4) is 0 Å². The number of oxazole rings is 1. The number of carbonyl (C=O) groups is 2. The fourth-order valence-corrected chi connectivity index (χ4v) is 3.19. The molecule has 130 valence electrons. The molecule has 0 saturated heterocycles. The largest absolute Gasteiger partial charge is 0.437 e. The Morgan fingerprint density at radius 1 is 1.15 bits per heavy atom. The molecule has 2 aromatic carbocycles. The van der Waals surface area contributed by atoms with Crippen molar-refractivity contribution in [2.75, 3.05) is 11.4 Å². The summed E-state index contributed by atoms with van der Waals surface area (Å²) in [4.78, 5) is 30.3. The van der Waals surface area contributed by atoms with E-state index < -0.39 is 11.8 Å². The highest BCUT2D eigenvalue weighted by atomic mass is 16.3. The monoisotopic (exact) mass is 347 g/mol. The van der Waals surface area contributed by atoms with Crippen LogP contribution in [0.5, 0.6) is 0 Å². The Hall–Kier alpha value is -3.41. The van der Waals surface area contributed by atoms with Crippen LogP contribution in [0.2, 0.25) is 0 Å². The lowest BCUT2D eigenvalue weighted by molar-refractivity contribution is -0.121. The Labute approximate surface area is 149 Å². The summed E-state index contributed by atoms with van der Waals surface area (Å²) in [5.74, 6) is -0.686. The summed E-state index contributed by atoms with van der Waals surface area (Å²) < 4.78 is 5.59. The second-order valence-corrected chi connectivity index (χ2v) is 6.23. The maximum absolute atomic E-state index is 12.7. The van der Waals surface area contributed by atoms with Gasteiger partial charge in [-0.25, -0.2) is 4.98 Å². The summed E-state index contributed by atoms with van der Waals surface area (Å²) in [6.07, 6.45) is 3.49. The fraction of sp³-hybridized carbons (Fsp3) is 0.150. The number of benzene rings is 2. The maximum Gasteiger partial charge on any atom is 0.251 e. The lowest BCUT2D eigenvalue weighted by Gasteiger charge is -2.32. The fourth-order valence-electron chi connectivity index (χ4n) is 3.19. The van der Waals surface area contributed by atoms with Crippen molar-refractivity contribution in [2.45, 2.75) is 6.42 Å². The predicted octanol–water partition coefficient (Wildman–Crippen LogP) is 2.53. The Bertz CT molecular complexity index is 989. The van der Waals surface area contributed by atoms with E-state index in [2.05, 4.69) is 4.98 Å². The van der Waals surface area contributed by atoms with E-state index >= 15 is 0 Å². The first-order valence-corrected chi connectivity index (χ1v) is 8.34. The molecule has 4 rings (SSSR count). The average molecular weight is 347 g/mol. The summed E-state index contributed by atoms with van der Waals surface area (Å²) in [6, 6.07) is 14.9. The number of fused-ring (bicyclic) bond motifs is 2. The zero-order valence-corrected chi connectivity index (χ0v) is 14.0. The molecule has 2 N–H and O–H groups in total. The van der Waals surface area contributed by atoms with Gasteiger partial charge in [0.1, 0.15) is 5.52 Å². The first kappa shape index (κ1) is 16.1. The van der Waals surface area contributed by atoms with Gasteiger partial charge in [-0.15, -0.1) is 0 Å². The minimum Gasteiger partial charge on any atom is -0.437 e. The average Bonchev–Trinajstić information content (AvgIpc) is 3.08. The highest BCUT2D eigenvalue weighted by Gasteiger charge is 2.30. The standard InChI is InChI=1S/C20H17N3O3/c21-20(25)14-11-13-5-1-3-7-16(13)23(12-14)19(24)10-9-18-22-15-6-2-4-8-17(15)26-18/h1-10,14H,11-12H2,(H2,21,25)/b10-9-/t14-/m0/s1. The third-order valence-electron chi connectivity index (χ3n) is 4.50. The van der Waals surface area contributed by atoms with Gasteiger partial charge in [0.05, 0.1) is 5.92 Å². The Kier molecular flexibility index (Phi) is 4.01. The summed E-state index contributed by atoms with van der Waals surface area (Å²) in [7, 11) is 0. The van der Waals surface area contributed by atoms with Crippen LogP contribution in [-0.4, -0.2) is 23.3 Å². The number of hydrogen-bond acceptors (Lipinski definition) is 4. The number of hydrogen-bond donors (Lipinski definition) is 1. The number of anilines is 1. The molecule has 0 radical (unpaired) electrons. The molecule has 0 spiro atoms. The number of primary amides is 1. The maximum atomic E-state index is 12.7. The van der Waals surface area contributed by atoms with Gasteiger partial charge in [-0.2, -0.15) is 0 Å². The van der Waals surface area contributed by atoms with E-state index in [1.165, 1.54) is 6.08 Å². The number of amides is 2.